The number of carbonyl (C=O) groups excluding carboxylic acids is 1. The van der Waals surface area contributed by atoms with Crippen LogP contribution in [0, 0.1) is 0 Å². The molecule has 2 N–H and O–H groups in total. The number of ether oxygens (including phenoxy) is 1. The number of rotatable bonds is 6. The minimum Gasteiger partial charge on any atom is -0.465 e. The van der Waals surface area contributed by atoms with Crippen LogP contribution in [-0.4, -0.2) is 32.9 Å². The number of nitrogens with two attached hydrogens (primary N) is 1. The Balaban J connectivity index is 3.07. The lowest BCUT2D eigenvalue weighted by molar-refractivity contribution is 0.0607. The zero-order chi connectivity index (χ0) is 13.7. The SMILES string of the molecule is CCCCN(C)c1sc(C(=O)OC)c(N)c1SC. The highest BCUT2D eigenvalue weighted by Crippen LogP contribution is 2.43. The monoisotopic (exact) mass is 288 g/mol. The number of thiophene rings is 1. The smallest absolute Gasteiger partial charge is 0.350 e. The molecule has 0 aromatic carbocycles. The lowest BCUT2D eigenvalue weighted by Crippen LogP contribution is -2.17. The number of thioether (sulfide) groups is 1. The van der Waals surface area contributed by atoms with E-state index in [9.17, 15) is 4.79 Å². The molecule has 6 heteroatoms. The number of carbonyl (C=O) groups is 1. The molecule has 1 rings (SSSR count). The number of hydrogen-bond donors (Lipinski definition) is 1. The summed E-state index contributed by atoms with van der Waals surface area (Å²) in [6.07, 6.45) is 4.23. The second-order valence-electron chi connectivity index (χ2n) is 3.95. The molecule has 18 heavy (non-hydrogen) atoms. The van der Waals surface area contributed by atoms with E-state index in [0.717, 1.165) is 29.3 Å². The molecule has 0 unspecified atom stereocenters. The van der Waals surface area contributed by atoms with E-state index >= 15 is 0 Å². The lowest BCUT2D eigenvalue weighted by Gasteiger charge is -2.18. The molecule has 0 saturated heterocycles. The molecule has 0 aliphatic carbocycles. The van der Waals surface area contributed by atoms with E-state index in [1.807, 2.05) is 13.3 Å². The summed E-state index contributed by atoms with van der Waals surface area (Å²) in [5, 5.41) is 1.05. The number of unbranched alkanes of at least 4 members (excludes halogenated alkanes) is 1. The van der Waals surface area contributed by atoms with Crippen molar-refractivity contribution in [3.8, 4) is 0 Å². The zero-order valence-corrected chi connectivity index (χ0v) is 12.9. The van der Waals surface area contributed by atoms with E-state index in [-0.39, 0.29) is 5.97 Å². The average Bonchev–Trinajstić information content (AvgIpc) is 2.72. The molecule has 0 atom stereocenters. The quantitative estimate of drug-likeness (QED) is 0.644. The maximum Gasteiger partial charge on any atom is 0.350 e. The van der Waals surface area contributed by atoms with E-state index in [1.54, 1.807) is 11.8 Å². The first-order valence-electron chi connectivity index (χ1n) is 5.82. The van der Waals surface area contributed by atoms with Gasteiger partial charge in [-0.05, 0) is 12.7 Å². The minimum absolute atomic E-state index is 0.358. The number of methoxy groups -OCH3 is 1. The normalized spacial score (nSPS) is 10.4. The van der Waals surface area contributed by atoms with Crippen LogP contribution >= 0.6 is 23.1 Å². The first-order valence-corrected chi connectivity index (χ1v) is 7.86. The largest absolute Gasteiger partial charge is 0.465 e. The Morgan fingerprint density at radius 1 is 1.56 bits per heavy atom. The molecule has 1 aromatic heterocycles. The summed E-state index contributed by atoms with van der Waals surface area (Å²) < 4.78 is 4.75. The van der Waals surface area contributed by atoms with Crippen molar-refractivity contribution in [1.29, 1.82) is 0 Å². The van der Waals surface area contributed by atoms with Gasteiger partial charge in [-0.3, -0.25) is 0 Å². The summed E-state index contributed by atoms with van der Waals surface area (Å²) in [5.74, 6) is -0.358. The Bertz CT molecular complexity index is 418. The van der Waals surface area contributed by atoms with Crippen LogP contribution < -0.4 is 10.6 Å². The van der Waals surface area contributed by atoms with Gasteiger partial charge in [-0.15, -0.1) is 23.1 Å². The van der Waals surface area contributed by atoms with E-state index in [1.165, 1.54) is 18.4 Å². The average molecular weight is 288 g/mol. The molecule has 4 nitrogen and oxygen atoms in total. The summed E-state index contributed by atoms with van der Waals surface area (Å²) >= 11 is 2.98. The number of anilines is 2. The zero-order valence-electron chi connectivity index (χ0n) is 11.3. The molecule has 0 saturated carbocycles. The summed E-state index contributed by atoms with van der Waals surface area (Å²) in [6, 6.07) is 0. The van der Waals surface area contributed by atoms with Gasteiger partial charge in [0.15, 0.2) is 0 Å². The summed E-state index contributed by atoms with van der Waals surface area (Å²) in [7, 11) is 3.41. The van der Waals surface area contributed by atoms with Gasteiger partial charge in [-0.25, -0.2) is 4.79 Å². The molecule has 0 fully saturated rings. The minimum atomic E-state index is -0.358. The van der Waals surface area contributed by atoms with Gasteiger partial charge in [0.1, 0.15) is 9.88 Å². The van der Waals surface area contributed by atoms with Crippen LogP contribution in [0.15, 0.2) is 4.90 Å². The fraction of sp³-hybridized carbons (Fsp3) is 0.583. The van der Waals surface area contributed by atoms with Gasteiger partial charge in [0.05, 0.1) is 17.7 Å². The Hall–Kier alpha value is -0.880. The maximum absolute atomic E-state index is 11.6. The highest BCUT2D eigenvalue weighted by atomic mass is 32.2. The van der Waals surface area contributed by atoms with Crippen molar-refractivity contribution in [3.05, 3.63) is 4.88 Å². The molecule has 1 aromatic rings. The fourth-order valence-electron chi connectivity index (χ4n) is 1.61. The van der Waals surface area contributed by atoms with E-state index in [0.29, 0.717) is 10.6 Å². The van der Waals surface area contributed by atoms with Crippen molar-refractivity contribution in [2.45, 2.75) is 24.7 Å². The predicted molar refractivity (Wildman–Crippen MR) is 80.0 cm³/mol. The van der Waals surface area contributed by atoms with Crippen LogP contribution in [0.3, 0.4) is 0 Å². The van der Waals surface area contributed by atoms with Crippen molar-refractivity contribution >= 4 is 39.8 Å². The molecular formula is C12H20N2O2S2. The topological polar surface area (TPSA) is 55.6 Å². The molecule has 0 bridgehead atoms. The van der Waals surface area contributed by atoms with Crippen molar-refractivity contribution < 1.29 is 9.53 Å². The van der Waals surface area contributed by atoms with Gasteiger partial charge >= 0.3 is 5.97 Å². The van der Waals surface area contributed by atoms with Gasteiger partial charge in [0, 0.05) is 13.6 Å². The molecule has 0 spiro atoms. The van der Waals surface area contributed by atoms with Crippen LogP contribution in [0.4, 0.5) is 10.7 Å². The second-order valence-corrected chi connectivity index (χ2v) is 5.77. The Morgan fingerprint density at radius 2 is 2.22 bits per heavy atom. The first kappa shape index (κ1) is 15.2. The van der Waals surface area contributed by atoms with Gasteiger partial charge in [0.2, 0.25) is 0 Å². The third-order valence-corrected chi connectivity index (χ3v) is 4.90. The number of hydrogen-bond acceptors (Lipinski definition) is 6. The third-order valence-electron chi connectivity index (χ3n) is 2.65. The molecule has 1 heterocycles. The fourth-order valence-corrected chi connectivity index (χ4v) is 3.72. The molecular weight excluding hydrogens is 268 g/mol. The van der Waals surface area contributed by atoms with E-state index in [2.05, 4.69) is 11.8 Å². The highest BCUT2D eigenvalue weighted by Gasteiger charge is 2.22. The van der Waals surface area contributed by atoms with Crippen molar-refractivity contribution in [1.82, 2.24) is 0 Å². The van der Waals surface area contributed by atoms with Crippen molar-refractivity contribution in [3.63, 3.8) is 0 Å². The lowest BCUT2D eigenvalue weighted by atomic mass is 10.3. The van der Waals surface area contributed by atoms with Crippen LogP contribution in [0.1, 0.15) is 29.4 Å². The Morgan fingerprint density at radius 3 is 2.72 bits per heavy atom. The van der Waals surface area contributed by atoms with E-state index < -0.39 is 0 Å². The third kappa shape index (κ3) is 3.11. The van der Waals surface area contributed by atoms with Crippen LogP contribution in [0.2, 0.25) is 0 Å². The van der Waals surface area contributed by atoms with Crippen molar-refractivity contribution in [2.24, 2.45) is 0 Å². The molecule has 0 aliphatic rings. The summed E-state index contributed by atoms with van der Waals surface area (Å²) in [4.78, 5) is 15.3. The number of esters is 1. The van der Waals surface area contributed by atoms with Gasteiger partial charge in [-0.2, -0.15) is 0 Å². The standard InChI is InChI=1S/C12H20N2O2S2/c1-5-6-7-14(2)11-9(17-4)8(13)10(18-11)12(15)16-3/h5-7,13H2,1-4H3. The molecule has 0 radical (unpaired) electrons. The molecule has 0 aliphatic heterocycles. The summed E-state index contributed by atoms with van der Waals surface area (Å²) in [5.41, 5.74) is 6.56. The molecule has 0 amide bonds. The Labute approximate surface area is 116 Å². The maximum atomic E-state index is 11.6. The van der Waals surface area contributed by atoms with Crippen LogP contribution in [0.25, 0.3) is 0 Å². The number of nitrogens with zero attached hydrogens (tertiary/aromatic N) is 1. The van der Waals surface area contributed by atoms with Gasteiger partial charge in [-0.1, -0.05) is 13.3 Å². The second kappa shape index (κ2) is 6.89. The summed E-state index contributed by atoms with van der Waals surface area (Å²) in [6.45, 7) is 3.12. The highest BCUT2D eigenvalue weighted by molar-refractivity contribution is 7.99. The Kier molecular flexibility index (Phi) is 5.81. The predicted octanol–water partition coefficient (Wildman–Crippen LogP) is 3.08. The van der Waals surface area contributed by atoms with Crippen LogP contribution in [0.5, 0.6) is 0 Å². The van der Waals surface area contributed by atoms with E-state index in [4.69, 9.17) is 10.5 Å². The first-order chi connectivity index (χ1) is 8.56. The number of nitrogen functional groups attached to an aromatic ring is 1. The van der Waals surface area contributed by atoms with Gasteiger partial charge in [0.25, 0.3) is 0 Å². The van der Waals surface area contributed by atoms with Gasteiger partial charge < -0.3 is 15.4 Å². The van der Waals surface area contributed by atoms with Crippen LogP contribution in [-0.2, 0) is 4.74 Å². The van der Waals surface area contributed by atoms with Crippen molar-refractivity contribution in [2.75, 3.05) is 37.6 Å². The molecule has 102 valence electrons.